The quantitative estimate of drug-likeness (QED) is 0.414. The van der Waals surface area contributed by atoms with Crippen LogP contribution in [-0.4, -0.2) is 43.0 Å². The lowest BCUT2D eigenvalue weighted by Crippen LogP contribution is -2.42. The second-order valence-electron chi connectivity index (χ2n) is 7.47. The number of rotatable bonds is 6. The van der Waals surface area contributed by atoms with E-state index < -0.39 is 21.0 Å². The molecular weight excluding hydrogens is 434 g/mol. The van der Waals surface area contributed by atoms with Crippen molar-refractivity contribution in [3.8, 4) is 11.5 Å². The number of hydrogen-bond acceptors (Lipinski definition) is 6. The number of sulfonamides is 1. The highest BCUT2D eigenvalue weighted by molar-refractivity contribution is 7.89. The van der Waals surface area contributed by atoms with Gasteiger partial charge in [-0.2, -0.15) is 4.31 Å². The number of nitrogens with zero attached hydrogens (tertiary/aromatic N) is 3. The van der Waals surface area contributed by atoms with Crippen LogP contribution < -0.4 is 9.47 Å². The summed E-state index contributed by atoms with van der Waals surface area (Å²) >= 11 is 0. The lowest BCUT2D eigenvalue weighted by Gasteiger charge is -2.36. The summed E-state index contributed by atoms with van der Waals surface area (Å²) in [6.45, 7) is 2.32. The number of nitro benzene ring substituents is 1. The SMILES string of the molecule is COc1ccc([C@H]2c3cccn3CCN2S(=O)(=O)c2cc([N+](=O)[O-])ccc2C)cc1OC. The largest absolute Gasteiger partial charge is 0.493 e. The van der Waals surface area contributed by atoms with E-state index in [0.717, 1.165) is 11.8 Å². The maximum Gasteiger partial charge on any atom is 0.270 e. The second kappa shape index (κ2) is 8.29. The molecule has 4 rings (SSSR count). The van der Waals surface area contributed by atoms with Crippen molar-refractivity contribution in [3.05, 3.63) is 81.7 Å². The Balaban J connectivity index is 1.88. The zero-order valence-electron chi connectivity index (χ0n) is 17.9. The number of methoxy groups -OCH3 is 2. The summed E-state index contributed by atoms with van der Waals surface area (Å²) < 4.78 is 41.8. The van der Waals surface area contributed by atoms with Gasteiger partial charge in [0.05, 0.1) is 30.1 Å². The Labute approximate surface area is 186 Å². The minimum Gasteiger partial charge on any atom is -0.493 e. The van der Waals surface area contributed by atoms with E-state index in [0.29, 0.717) is 29.2 Å². The van der Waals surface area contributed by atoms with Crippen LogP contribution in [0, 0.1) is 17.0 Å². The lowest BCUT2D eigenvalue weighted by atomic mass is 10.0. The molecule has 32 heavy (non-hydrogen) atoms. The molecule has 3 aromatic rings. The molecule has 2 aromatic carbocycles. The molecule has 1 aliphatic rings. The molecule has 1 aromatic heterocycles. The lowest BCUT2D eigenvalue weighted by molar-refractivity contribution is -0.385. The predicted octanol–water partition coefficient (Wildman–Crippen LogP) is 3.52. The highest BCUT2D eigenvalue weighted by Crippen LogP contribution is 2.40. The van der Waals surface area contributed by atoms with Crippen molar-refractivity contribution in [1.29, 1.82) is 0 Å². The molecule has 0 N–H and O–H groups in total. The summed E-state index contributed by atoms with van der Waals surface area (Å²) in [6, 6.07) is 12.3. The molecule has 0 bridgehead atoms. The van der Waals surface area contributed by atoms with Crippen LogP contribution in [0.1, 0.15) is 22.9 Å². The van der Waals surface area contributed by atoms with Crippen molar-refractivity contribution >= 4 is 15.7 Å². The molecule has 0 fully saturated rings. The molecule has 168 valence electrons. The van der Waals surface area contributed by atoms with E-state index in [2.05, 4.69) is 0 Å². The van der Waals surface area contributed by atoms with Crippen LogP contribution in [-0.2, 0) is 16.6 Å². The van der Waals surface area contributed by atoms with Crippen LogP contribution in [0.15, 0.2) is 59.6 Å². The van der Waals surface area contributed by atoms with Crippen LogP contribution in [0.3, 0.4) is 0 Å². The second-order valence-corrected chi connectivity index (χ2v) is 9.33. The fraction of sp³-hybridized carbons (Fsp3) is 0.273. The number of hydrogen-bond donors (Lipinski definition) is 0. The average Bonchev–Trinajstić information content (AvgIpc) is 3.26. The van der Waals surface area contributed by atoms with E-state index in [1.54, 1.807) is 25.1 Å². The molecule has 1 atom stereocenters. The molecule has 0 amide bonds. The van der Waals surface area contributed by atoms with E-state index in [4.69, 9.17) is 9.47 Å². The van der Waals surface area contributed by atoms with Crippen molar-refractivity contribution in [2.45, 2.75) is 24.4 Å². The Morgan fingerprint density at radius 1 is 1.03 bits per heavy atom. The number of nitro groups is 1. The van der Waals surface area contributed by atoms with Crippen LogP contribution in [0.25, 0.3) is 0 Å². The first-order chi connectivity index (χ1) is 15.3. The van der Waals surface area contributed by atoms with Gasteiger partial charge in [-0.3, -0.25) is 10.1 Å². The van der Waals surface area contributed by atoms with Gasteiger partial charge in [0.2, 0.25) is 10.0 Å². The summed E-state index contributed by atoms with van der Waals surface area (Å²) in [5.41, 5.74) is 1.68. The first-order valence-electron chi connectivity index (χ1n) is 9.91. The zero-order chi connectivity index (χ0) is 23.0. The van der Waals surface area contributed by atoms with E-state index in [1.807, 2.05) is 22.9 Å². The fourth-order valence-corrected chi connectivity index (χ4v) is 5.91. The van der Waals surface area contributed by atoms with Gasteiger partial charge in [-0.1, -0.05) is 12.1 Å². The smallest absolute Gasteiger partial charge is 0.270 e. The Morgan fingerprint density at radius 3 is 2.47 bits per heavy atom. The molecule has 1 aliphatic heterocycles. The number of non-ortho nitro benzene ring substituents is 1. The Hall–Kier alpha value is -3.37. The monoisotopic (exact) mass is 457 g/mol. The third-order valence-electron chi connectivity index (χ3n) is 5.69. The van der Waals surface area contributed by atoms with Crippen LogP contribution in [0.5, 0.6) is 11.5 Å². The van der Waals surface area contributed by atoms with Gasteiger partial charge < -0.3 is 14.0 Å². The van der Waals surface area contributed by atoms with Gasteiger partial charge in [-0.05, 0) is 42.3 Å². The van der Waals surface area contributed by atoms with Crippen molar-refractivity contribution in [1.82, 2.24) is 8.87 Å². The van der Waals surface area contributed by atoms with Gasteiger partial charge >= 0.3 is 0 Å². The van der Waals surface area contributed by atoms with E-state index >= 15 is 0 Å². The van der Waals surface area contributed by atoms with Gasteiger partial charge in [0.25, 0.3) is 5.69 Å². The third-order valence-corrected chi connectivity index (χ3v) is 7.69. The van der Waals surface area contributed by atoms with Crippen molar-refractivity contribution in [3.63, 3.8) is 0 Å². The predicted molar refractivity (Wildman–Crippen MR) is 118 cm³/mol. The standard InChI is InChI=1S/C22H23N3O6S/c1-15-6-8-17(25(26)27)14-21(15)32(28,29)24-12-11-23-10-4-5-18(23)22(24)16-7-9-19(30-2)20(13-16)31-3/h4-10,13-14,22H,11-12H2,1-3H3/t22-/m0/s1. The Morgan fingerprint density at radius 2 is 1.78 bits per heavy atom. The first-order valence-corrected chi connectivity index (χ1v) is 11.4. The molecule has 0 saturated carbocycles. The minimum atomic E-state index is -4.06. The van der Waals surface area contributed by atoms with Crippen LogP contribution in [0.4, 0.5) is 5.69 Å². The van der Waals surface area contributed by atoms with Gasteiger partial charge in [-0.15, -0.1) is 0 Å². The molecular formula is C22H23N3O6S. The normalized spacial score (nSPS) is 16.4. The van der Waals surface area contributed by atoms with Crippen molar-refractivity contribution in [2.75, 3.05) is 20.8 Å². The van der Waals surface area contributed by atoms with Crippen molar-refractivity contribution < 1.29 is 22.8 Å². The van der Waals surface area contributed by atoms with Gasteiger partial charge in [-0.25, -0.2) is 8.42 Å². The molecule has 2 heterocycles. The fourth-order valence-electron chi connectivity index (χ4n) is 4.09. The number of aryl methyl sites for hydroxylation is 1. The topological polar surface area (TPSA) is 104 Å². The van der Waals surface area contributed by atoms with Gasteiger partial charge in [0, 0.05) is 37.1 Å². The highest BCUT2D eigenvalue weighted by Gasteiger charge is 2.39. The number of fused-ring (bicyclic) bond motifs is 1. The molecule has 0 radical (unpaired) electrons. The average molecular weight is 458 g/mol. The minimum absolute atomic E-state index is 0.0721. The molecule has 0 spiro atoms. The zero-order valence-corrected chi connectivity index (χ0v) is 18.7. The Kier molecular flexibility index (Phi) is 5.66. The Bertz CT molecular complexity index is 1280. The van der Waals surface area contributed by atoms with Gasteiger partial charge in [0.15, 0.2) is 11.5 Å². The maximum absolute atomic E-state index is 13.8. The van der Waals surface area contributed by atoms with E-state index in [-0.39, 0.29) is 17.1 Å². The highest BCUT2D eigenvalue weighted by atomic mass is 32.2. The number of ether oxygens (including phenoxy) is 2. The summed E-state index contributed by atoms with van der Waals surface area (Å²) in [4.78, 5) is 10.6. The number of benzene rings is 2. The molecule has 0 saturated heterocycles. The van der Waals surface area contributed by atoms with Gasteiger partial charge in [0.1, 0.15) is 0 Å². The summed E-state index contributed by atoms with van der Waals surface area (Å²) in [5, 5.41) is 11.3. The first kappa shape index (κ1) is 21.8. The summed E-state index contributed by atoms with van der Waals surface area (Å²) in [7, 11) is -1.01. The van der Waals surface area contributed by atoms with Crippen LogP contribution >= 0.6 is 0 Å². The molecule has 10 heteroatoms. The van der Waals surface area contributed by atoms with Crippen molar-refractivity contribution in [2.24, 2.45) is 0 Å². The maximum atomic E-state index is 13.8. The van der Waals surface area contributed by atoms with E-state index in [1.165, 1.54) is 30.7 Å². The number of aromatic nitrogens is 1. The summed E-state index contributed by atoms with van der Waals surface area (Å²) in [6.07, 6.45) is 1.91. The summed E-state index contributed by atoms with van der Waals surface area (Å²) in [5.74, 6) is 1.02. The molecule has 0 aliphatic carbocycles. The third kappa shape index (κ3) is 3.61. The van der Waals surface area contributed by atoms with Crippen LogP contribution in [0.2, 0.25) is 0 Å². The molecule has 9 nitrogen and oxygen atoms in total. The molecule has 0 unspecified atom stereocenters. The van der Waals surface area contributed by atoms with E-state index in [9.17, 15) is 18.5 Å².